The third-order valence-electron chi connectivity index (χ3n) is 3.59. The van der Waals surface area contributed by atoms with Crippen LogP contribution in [0.3, 0.4) is 0 Å². The molecule has 6 heteroatoms. The summed E-state index contributed by atoms with van der Waals surface area (Å²) in [5, 5.41) is 4.50. The molecule has 3 heterocycles. The van der Waals surface area contributed by atoms with Gasteiger partial charge in [-0.15, -0.1) is 0 Å². The van der Waals surface area contributed by atoms with Crippen molar-refractivity contribution >= 4 is 17.1 Å². The van der Waals surface area contributed by atoms with Crippen LogP contribution in [0.1, 0.15) is 23.7 Å². The summed E-state index contributed by atoms with van der Waals surface area (Å²) in [6.07, 6.45) is 3.66. The van der Waals surface area contributed by atoms with Crippen LogP contribution in [0.25, 0.3) is 11.2 Å². The van der Waals surface area contributed by atoms with E-state index in [9.17, 15) is 0 Å². The average Bonchev–Trinajstić information content (AvgIpc) is 2.91. The van der Waals surface area contributed by atoms with Crippen LogP contribution >= 0.6 is 0 Å². The first kappa shape index (κ1) is 12.7. The van der Waals surface area contributed by atoms with E-state index in [0.717, 1.165) is 29.0 Å². The molecule has 3 aromatic heterocycles. The van der Waals surface area contributed by atoms with E-state index in [1.54, 1.807) is 6.20 Å². The molecule has 0 radical (unpaired) electrons. The molecular weight excluding hydrogens is 252 g/mol. The molecule has 0 atom stereocenters. The predicted molar refractivity (Wildman–Crippen MR) is 78.4 cm³/mol. The first-order valence-corrected chi connectivity index (χ1v) is 6.70. The normalized spacial score (nSPS) is 11.3. The van der Waals surface area contributed by atoms with E-state index < -0.39 is 0 Å². The molecule has 2 N–H and O–H groups in total. The van der Waals surface area contributed by atoms with Crippen LogP contribution in [0.2, 0.25) is 0 Å². The number of hydrogen-bond acceptors (Lipinski definition) is 4. The topological polar surface area (TPSA) is 74.6 Å². The van der Waals surface area contributed by atoms with E-state index in [2.05, 4.69) is 28.9 Å². The molecule has 20 heavy (non-hydrogen) atoms. The number of rotatable bonds is 3. The molecule has 104 valence electrons. The van der Waals surface area contributed by atoms with Gasteiger partial charge in [-0.2, -0.15) is 5.10 Å². The third kappa shape index (κ3) is 1.84. The number of nitrogens with two attached hydrogens (primary N) is 1. The van der Waals surface area contributed by atoms with Gasteiger partial charge < -0.3 is 5.73 Å². The molecular formula is C14H18N6. The summed E-state index contributed by atoms with van der Waals surface area (Å²) in [6.45, 7) is 7.56. The summed E-state index contributed by atoms with van der Waals surface area (Å²) in [7, 11) is 0. The fraction of sp³-hybridized carbons (Fsp3) is 0.357. The Hall–Kier alpha value is -2.37. The zero-order valence-electron chi connectivity index (χ0n) is 12.0. The van der Waals surface area contributed by atoms with Crippen LogP contribution in [0, 0.1) is 13.8 Å². The SMILES string of the molecule is CCn1nc(C)c2nc(N)n(Cc3ccncc3C)c21. The highest BCUT2D eigenvalue weighted by atomic mass is 15.4. The van der Waals surface area contributed by atoms with Gasteiger partial charge in [-0.3, -0.25) is 9.55 Å². The molecule has 6 nitrogen and oxygen atoms in total. The standard InChI is InChI=1S/C14H18N6/c1-4-20-13-12(10(3)18-20)17-14(15)19(13)8-11-5-6-16-7-9(11)2/h5-7H,4,8H2,1-3H3,(H2,15,17). The maximum atomic E-state index is 6.08. The predicted octanol–water partition coefficient (Wildman–Crippen LogP) is 1.90. The van der Waals surface area contributed by atoms with Crippen LogP contribution < -0.4 is 5.73 Å². The van der Waals surface area contributed by atoms with Gasteiger partial charge in [-0.1, -0.05) is 0 Å². The Morgan fingerprint density at radius 2 is 2.10 bits per heavy atom. The van der Waals surface area contributed by atoms with Gasteiger partial charge in [-0.05, 0) is 38.0 Å². The molecule has 3 rings (SSSR count). The molecule has 0 unspecified atom stereocenters. The van der Waals surface area contributed by atoms with Gasteiger partial charge in [0.15, 0.2) is 5.65 Å². The Kier molecular flexibility index (Phi) is 2.93. The second-order valence-electron chi connectivity index (χ2n) is 4.93. The highest BCUT2D eigenvalue weighted by Crippen LogP contribution is 2.22. The van der Waals surface area contributed by atoms with Gasteiger partial charge in [-0.25, -0.2) is 9.67 Å². The molecule has 0 saturated carbocycles. The maximum absolute atomic E-state index is 6.08. The Bertz CT molecular complexity index is 767. The molecule has 0 spiro atoms. The Morgan fingerprint density at radius 1 is 1.30 bits per heavy atom. The molecule has 0 amide bonds. The quantitative estimate of drug-likeness (QED) is 0.788. The third-order valence-corrected chi connectivity index (χ3v) is 3.59. The van der Waals surface area contributed by atoms with Crippen molar-refractivity contribution < 1.29 is 0 Å². The monoisotopic (exact) mass is 270 g/mol. The van der Waals surface area contributed by atoms with Crippen molar-refractivity contribution in [1.82, 2.24) is 24.3 Å². The average molecular weight is 270 g/mol. The van der Waals surface area contributed by atoms with E-state index >= 15 is 0 Å². The minimum atomic E-state index is 0.527. The molecule has 0 aliphatic heterocycles. The van der Waals surface area contributed by atoms with Crippen molar-refractivity contribution in [3.63, 3.8) is 0 Å². The van der Waals surface area contributed by atoms with E-state index in [1.165, 1.54) is 5.56 Å². The first-order chi connectivity index (χ1) is 9.61. The lowest BCUT2D eigenvalue weighted by Gasteiger charge is -2.10. The summed E-state index contributed by atoms with van der Waals surface area (Å²) in [5.74, 6) is 0.527. The summed E-state index contributed by atoms with van der Waals surface area (Å²) in [5.41, 5.74) is 11.2. The molecule has 0 aliphatic rings. The second-order valence-corrected chi connectivity index (χ2v) is 4.93. The van der Waals surface area contributed by atoms with Gasteiger partial charge in [0.25, 0.3) is 0 Å². The van der Waals surface area contributed by atoms with Crippen LogP contribution in [-0.4, -0.2) is 24.3 Å². The number of fused-ring (bicyclic) bond motifs is 1. The van der Waals surface area contributed by atoms with E-state index in [4.69, 9.17) is 5.73 Å². The number of aryl methyl sites for hydroxylation is 3. The molecule has 0 saturated heterocycles. The van der Waals surface area contributed by atoms with Gasteiger partial charge in [0.05, 0.1) is 12.2 Å². The van der Waals surface area contributed by atoms with Crippen molar-refractivity contribution in [2.75, 3.05) is 5.73 Å². The first-order valence-electron chi connectivity index (χ1n) is 6.70. The largest absolute Gasteiger partial charge is 0.369 e. The smallest absolute Gasteiger partial charge is 0.202 e. The lowest BCUT2D eigenvalue weighted by Crippen LogP contribution is -2.10. The van der Waals surface area contributed by atoms with Crippen LogP contribution in [0.5, 0.6) is 0 Å². The highest BCUT2D eigenvalue weighted by molar-refractivity contribution is 5.77. The number of nitrogens with zero attached hydrogens (tertiary/aromatic N) is 5. The number of nitrogen functional groups attached to an aromatic ring is 1. The van der Waals surface area contributed by atoms with Crippen molar-refractivity contribution in [2.24, 2.45) is 0 Å². The molecule has 0 fully saturated rings. The highest BCUT2D eigenvalue weighted by Gasteiger charge is 2.17. The summed E-state index contributed by atoms with van der Waals surface area (Å²) >= 11 is 0. The van der Waals surface area contributed by atoms with E-state index in [1.807, 2.05) is 28.4 Å². The molecule has 3 aromatic rings. The summed E-state index contributed by atoms with van der Waals surface area (Å²) in [6, 6.07) is 2.01. The van der Waals surface area contributed by atoms with Crippen molar-refractivity contribution in [1.29, 1.82) is 0 Å². The van der Waals surface area contributed by atoms with Crippen molar-refractivity contribution in [2.45, 2.75) is 33.9 Å². The number of anilines is 1. The zero-order chi connectivity index (χ0) is 14.3. The molecule has 0 bridgehead atoms. The minimum Gasteiger partial charge on any atom is -0.369 e. The lowest BCUT2D eigenvalue weighted by molar-refractivity contribution is 0.647. The Labute approximate surface area is 117 Å². The Morgan fingerprint density at radius 3 is 2.80 bits per heavy atom. The lowest BCUT2D eigenvalue weighted by atomic mass is 10.1. The molecule has 0 aliphatic carbocycles. The van der Waals surface area contributed by atoms with Gasteiger partial charge >= 0.3 is 0 Å². The van der Waals surface area contributed by atoms with Crippen molar-refractivity contribution in [3.05, 3.63) is 35.3 Å². The van der Waals surface area contributed by atoms with E-state index in [-0.39, 0.29) is 0 Å². The second kappa shape index (κ2) is 4.63. The van der Waals surface area contributed by atoms with Gasteiger partial charge in [0.1, 0.15) is 5.52 Å². The number of hydrogen-bond donors (Lipinski definition) is 1. The summed E-state index contributed by atoms with van der Waals surface area (Å²) in [4.78, 5) is 8.57. The van der Waals surface area contributed by atoms with Crippen LogP contribution in [0.15, 0.2) is 18.5 Å². The molecule has 0 aromatic carbocycles. The van der Waals surface area contributed by atoms with Crippen LogP contribution in [-0.2, 0) is 13.1 Å². The van der Waals surface area contributed by atoms with Gasteiger partial charge in [0, 0.05) is 18.9 Å². The Balaban J connectivity index is 2.16. The fourth-order valence-electron chi connectivity index (χ4n) is 2.47. The fourth-order valence-corrected chi connectivity index (χ4v) is 2.47. The zero-order valence-corrected chi connectivity index (χ0v) is 12.0. The number of imidazole rings is 1. The number of pyridine rings is 1. The van der Waals surface area contributed by atoms with Crippen LogP contribution in [0.4, 0.5) is 5.95 Å². The van der Waals surface area contributed by atoms with E-state index in [0.29, 0.717) is 12.5 Å². The minimum absolute atomic E-state index is 0.527. The van der Waals surface area contributed by atoms with Gasteiger partial charge in [0.2, 0.25) is 5.95 Å². The maximum Gasteiger partial charge on any atom is 0.202 e. The van der Waals surface area contributed by atoms with Crippen molar-refractivity contribution in [3.8, 4) is 0 Å². The summed E-state index contributed by atoms with van der Waals surface area (Å²) < 4.78 is 3.96. The number of aromatic nitrogens is 5.